The van der Waals surface area contributed by atoms with Crippen LogP contribution in [0.4, 0.5) is 0 Å². The summed E-state index contributed by atoms with van der Waals surface area (Å²) in [6.45, 7) is 7.71. The van der Waals surface area contributed by atoms with E-state index in [4.69, 9.17) is 9.47 Å². The molecule has 0 aromatic rings. The van der Waals surface area contributed by atoms with Gasteiger partial charge < -0.3 is 9.47 Å². The van der Waals surface area contributed by atoms with E-state index < -0.39 is 0 Å². The summed E-state index contributed by atoms with van der Waals surface area (Å²) in [5.74, 6) is -0.238. The molecule has 0 N–H and O–H groups in total. The van der Waals surface area contributed by atoms with E-state index in [0.29, 0.717) is 11.5 Å². The number of rotatable bonds is 5. The van der Waals surface area contributed by atoms with Gasteiger partial charge in [0, 0.05) is 12.8 Å². The quantitative estimate of drug-likeness (QED) is 0.668. The Morgan fingerprint density at radius 3 is 2.82 bits per heavy atom. The van der Waals surface area contributed by atoms with E-state index >= 15 is 0 Å². The minimum Gasteiger partial charge on any atom is -0.349 e. The number of fused-ring (bicyclic) bond motifs is 2. The second kappa shape index (κ2) is 5.27. The third kappa shape index (κ3) is 3.23. The Morgan fingerprint density at radius 1 is 1.24 bits per heavy atom. The molecule has 0 saturated carbocycles. The van der Waals surface area contributed by atoms with E-state index in [-0.39, 0.29) is 5.79 Å². The van der Waals surface area contributed by atoms with Crippen LogP contribution >= 0.6 is 0 Å². The third-order valence-corrected chi connectivity index (χ3v) is 4.36. The molecule has 2 heterocycles. The van der Waals surface area contributed by atoms with Gasteiger partial charge in [-0.15, -0.1) is 0 Å². The van der Waals surface area contributed by atoms with E-state index in [1.54, 1.807) is 0 Å². The minimum absolute atomic E-state index is 0.238. The van der Waals surface area contributed by atoms with Gasteiger partial charge in [-0.25, -0.2) is 0 Å². The van der Waals surface area contributed by atoms with Crippen LogP contribution in [0.15, 0.2) is 0 Å². The van der Waals surface area contributed by atoms with Crippen LogP contribution < -0.4 is 0 Å². The molecule has 2 heteroatoms. The van der Waals surface area contributed by atoms with Crippen molar-refractivity contribution in [3.8, 4) is 0 Å². The zero-order valence-corrected chi connectivity index (χ0v) is 11.8. The van der Waals surface area contributed by atoms with Crippen molar-refractivity contribution in [3.05, 3.63) is 0 Å². The first kappa shape index (κ1) is 13.4. The lowest BCUT2D eigenvalue weighted by Gasteiger charge is -2.31. The number of ether oxygens (including phenoxy) is 2. The van der Waals surface area contributed by atoms with Crippen LogP contribution in [0.2, 0.25) is 0 Å². The van der Waals surface area contributed by atoms with Crippen molar-refractivity contribution in [2.45, 2.75) is 84.0 Å². The highest BCUT2D eigenvalue weighted by Crippen LogP contribution is 2.49. The van der Waals surface area contributed by atoms with Crippen molar-refractivity contribution < 1.29 is 9.47 Å². The van der Waals surface area contributed by atoms with Crippen molar-refractivity contribution >= 4 is 0 Å². The lowest BCUT2D eigenvalue weighted by molar-refractivity contribution is -0.236. The van der Waals surface area contributed by atoms with E-state index in [9.17, 15) is 0 Å². The van der Waals surface area contributed by atoms with Crippen molar-refractivity contribution in [3.63, 3.8) is 0 Å². The molecule has 2 nitrogen and oxygen atoms in total. The van der Waals surface area contributed by atoms with Gasteiger partial charge in [0.1, 0.15) is 0 Å². The molecule has 0 amide bonds. The Balaban J connectivity index is 1.92. The molecule has 100 valence electrons. The SMILES string of the molecule is CCCCCCC12CC(C)(CCC(C)O1)CO2. The van der Waals surface area contributed by atoms with Crippen molar-refractivity contribution in [1.82, 2.24) is 0 Å². The van der Waals surface area contributed by atoms with Gasteiger partial charge in [0.25, 0.3) is 0 Å². The van der Waals surface area contributed by atoms with Crippen LogP contribution in [0, 0.1) is 5.41 Å². The normalized spacial score (nSPS) is 41.5. The van der Waals surface area contributed by atoms with E-state index in [2.05, 4.69) is 20.8 Å². The molecule has 2 saturated heterocycles. The fraction of sp³-hybridized carbons (Fsp3) is 1.00. The second-order valence-corrected chi connectivity index (χ2v) is 6.46. The van der Waals surface area contributed by atoms with Gasteiger partial charge in [0.15, 0.2) is 5.79 Å². The first-order valence-electron chi connectivity index (χ1n) is 7.39. The van der Waals surface area contributed by atoms with Crippen LogP contribution in [0.25, 0.3) is 0 Å². The van der Waals surface area contributed by atoms with E-state index in [1.165, 1.54) is 38.5 Å². The highest BCUT2D eigenvalue weighted by Gasteiger charge is 2.50. The van der Waals surface area contributed by atoms with Gasteiger partial charge in [-0.05, 0) is 31.6 Å². The largest absolute Gasteiger partial charge is 0.349 e. The minimum atomic E-state index is -0.238. The molecule has 0 aromatic heterocycles. The number of hydrogen-bond donors (Lipinski definition) is 0. The van der Waals surface area contributed by atoms with Gasteiger partial charge in [0.2, 0.25) is 0 Å². The fourth-order valence-electron chi connectivity index (χ4n) is 3.31. The molecule has 0 radical (unpaired) electrons. The molecule has 2 aliphatic rings. The average Bonchev–Trinajstić information content (AvgIpc) is 2.54. The summed E-state index contributed by atoms with van der Waals surface area (Å²) in [4.78, 5) is 0. The first-order chi connectivity index (χ1) is 8.08. The zero-order chi connectivity index (χ0) is 12.4. The summed E-state index contributed by atoms with van der Waals surface area (Å²) < 4.78 is 12.3. The molecule has 2 aliphatic heterocycles. The Morgan fingerprint density at radius 2 is 2.06 bits per heavy atom. The van der Waals surface area contributed by atoms with Crippen molar-refractivity contribution in [2.75, 3.05) is 6.61 Å². The first-order valence-corrected chi connectivity index (χ1v) is 7.39. The Labute approximate surface area is 106 Å². The Bertz CT molecular complexity index is 253. The van der Waals surface area contributed by atoms with Gasteiger partial charge in [-0.3, -0.25) is 0 Å². The summed E-state index contributed by atoms with van der Waals surface area (Å²) in [7, 11) is 0. The van der Waals surface area contributed by atoms with Crippen molar-refractivity contribution in [1.29, 1.82) is 0 Å². The standard InChI is InChI=1S/C15H28O2/c1-4-5-6-7-9-15-11-14(3,12-16-15)10-8-13(2)17-15/h13H,4-12H2,1-3H3. The number of unbranched alkanes of at least 4 members (excludes halogenated alkanes) is 3. The average molecular weight is 240 g/mol. The highest BCUT2D eigenvalue weighted by molar-refractivity contribution is 4.93. The lowest BCUT2D eigenvalue weighted by Crippen LogP contribution is -2.34. The second-order valence-electron chi connectivity index (χ2n) is 6.46. The molecular formula is C15H28O2. The molecule has 2 bridgehead atoms. The molecule has 3 atom stereocenters. The Kier molecular flexibility index (Phi) is 4.14. The third-order valence-electron chi connectivity index (χ3n) is 4.36. The molecule has 0 aliphatic carbocycles. The molecule has 2 fully saturated rings. The maximum absolute atomic E-state index is 6.21. The predicted octanol–water partition coefficient (Wildman–Crippen LogP) is 4.28. The molecular weight excluding hydrogens is 212 g/mol. The predicted molar refractivity (Wildman–Crippen MR) is 69.9 cm³/mol. The van der Waals surface area contributed by atoms with Crippen LogP contribution in [0.5, 0.6) is 0 Å². The Hall–Kier alpha value is -0.0800. The van der Waals surface area contributed by atoms with E-state index in [0.717, 1.165) is 19.4 Å². The lowest BCUT2D eigenvalue weighted by atomic mass is 9.82. The molecule has 17 heavy (non-hydrogen) atoms. The maximum atomic E-state index is 6.21. The number of hydrogen-bond acceptors (Lipinski definition) is 2. The molecule has 0 aromatic carbocycles. The smallest absolute Gasteiger partial charge is 0.169 e. The van der Waals surface area contributed by atoms with Gasteiger partial charge in [-0.2, -0.15) is 0 Å². The maximum Gasteiger partial charge on any atom is 0.169 e. The van der Waals surface area contributed by atoms with Crippen LogP contribution in [0.1, 0.15) is 72.1 Å². The summed E-state index contributed by atoms with van der Waals surface area (Å²) in [6, 6.07) is 0. The zero-order valence-electron chi connectivity index (χ0n) is 11.8. The summed E-state index contributed by atoms with van der Waals surface area (Å²) >= 11 is 0. The van der Waals surface area contributed by atoms with Crippen LogP contribution in [0.3, 0.4) is 0 Å². The summed E-state index contributed by atoms with van der Waals surface area (Å²) in [5, 5.41) is 0. The van der Waals surface area contributed by atoms with Crippen molar-refractivity contribution in [2.24, 2.45) is 5.41 Å². The van der Waals surface area contributed by atoms with Gasteiger partial charge in [0.05, 0.1) is 12.7 Å². The van der Waals surface area contributed by atoms with E-state index in [1.807, 2.05) is 0 Å². The van der Waals surface area contributed by atoms with Crippen LogP contribution in [-0.4, -0.2) is 18.5 Å². The van der Waals surface area contributed by atoms with Gasteiger partial charge in [-0.1, -0.05) is 33.1 Å². The van der Waals surface area contributed by atoms with Crippen LogP contribution in [-0.2, 0) is 9.47 Å². The monoisotopic (exact) mass is 240 g/mol. The fourth-order valence-corrected chi connectivity index (χ4v) is 3.31. The molecule has 2 rings (SSSR count). The summed E-state index contributed by atoms with van der Waals surface area (Å²) in [5.41, 5.74) is 0.371. The highest BCUT2D eigenvalue weighted by atomic mass is 16.7. The topological polar surface area (TPSA) is 18.5 Å². The summed E-state index contributed by atoms with van der Waals surface area (Å²) in [6.07, 6.45) is 10.2. The molecule has 3 unspecified atom stereocenters. The van der Waals surface area contributed by atoms with Gasteiger partial charge >= 0.3 is 0 Å². The molecule has 0 spiro atoms.